The third kappa shape index (κ3) is 4.45. The molecule has 0 spiro atoms. The van der Waals surface area contributed by atoms with E-state index in [1.54, 1.807) is 30.3 Å². The highest BCUT2D eigenvalue weighted by Crippen LogP contribution is 2.20. The lowest BCUT2D eigenvalue weighted by Crippen LogP contribution is -2.16. The Kier molecular flexibility index (Phi) is 5.67. The fourth-order valence-electron chi connectivity index (χ4n) is 3.25. The number of carbonyl (C=O) groups excluding carboxylic acids is 2. The van der Waals surface area contributed by atoms with Gasteiger partial charge in [0.05, 0.1) is 11.3 Å². The van der Waals surface area contributed by atoms with Crippen molar-refractivity contribution in [2.45, 2.75) is 0 Å². The van der Waals surface area contributed by atoms with Crippen LogP contribution in [0.1, 0.15) is 15.9 Å². The molecule has 0 saturated heterocycles. The molecule has 4 aromatic rings. The van der Waals surface area contributed by atoms with Crippen LogP contribution in [-0.4, -0.2) is 11.8 Å². The molecule has 2 N–H and O–H groups in total. The molecule has 4 rings (SSSR count). The SMILES string of the molecule is O=C(/C=C/c1cccc2ccccc12)Nc1ccccc1C(=O)Nc1ccccc1. The van der Waals surface area contributed by atoms with Crippen LogP contribution in [0.3, 0.4) is 0 Å². The van der Waals surface area contributed by atoms with E-state index in [1.807, 2.05) is 72.8 Å². The molecule has 0 aliphatic carbocycles. The monoisotopic (exact) mass is 392 g/mol. The summed E-state index contributed by atoms with van der Waals surface area (Å²) in [5.41, 5.74) is 2.50. The molecule has 4 nitrogen and oxygen atoms in total. The zero-order chi connectivity index (χ0) is 20.8. The molecule has 146 valence electrons. The fraction of sp³-hybridized carbons (Fsp3) is 0. The molecule has 0 fully saturated rings. The molecule has 0 atom stereocenters. The van der Waals surface area contributed by atoms with Crippen molar-refractivity contribution in [3.05, 3.63) is 114 Å². The second-order valence-corrected chi connectivity index (χ2v) is 6.76. The van der Waals surface area contributed by atoms with Crippen molar-refractivity contribution in [3.63, 3.8) is 0 Å². The number of para-hydroxylation sites is 2. The molecule has 30 heavy (non-hydrogen) atoms. The average Bonchev–Trinajstić information content (AvgIpc) is 2.78. The van der Waals surface area contributed by atoms with Crippen molar-refractivity contribution in [1.82, 2.24) is 0 Å². The molecule has 0 bridgehead atoms. The molecule has 0 aliphatic heterocycles. The summed E-state index contributed by atoms with van der Waals surface area (Å²) in [7, 11) is 0. The summed E-state index contributed by atoms with van der Waals surface area (Å²) in [5, 5.41) is 7.84. The number of amides is 2. The summed E-state index contributed by atoms with van der Waals surface area (Å²) in [4.78, 5) is 25.2. The first kappa shape index (κ1) is 19.2. The van der Waals surface area contributed by atoms with E-state index < -0.39 is 0 Å². The van der Waals surface area contributed by atoms with E-state index >= 15 is 0 Å². The standard InChI is InChI=1S/C26H20N2O2/c29-25(18-17-20-11-8-10-19-9-4-5-14-22(19)20)28-24-16-7-6-15-23(24)26(30)27-21-12-2-1-3-13-21/h1-18H,(H,27,30)(H,28,29)/b18-17+. The van der Waals surface area contributed by atoms with Crippen LogP contribution in [0.4, 0.5) is 11.4 Å². The highest BCUT2D eigenvalue weighted by Gasteiger charge is 2.12. The number of benzene rings is 4. The summed E-state index contributed by atoms with van der Waals surface area (Å²) in [6, 6.07) is 30.1. The number of anilines is 2. The van der Waals surface area contributed by atoms with Crippen LogP contribution < -0.4 is 10.6 Å². The molecular weight excluding hydrogens is 372 g/mol. The molecule has 0 saturated carbocycles. The van der Waals surface area contributed by atoms with Crippen LogP contribution in [0.2, 0.25) is 0 Å². The van der Waals surface area contributed by atoms with Gasteiger partial charge in [-0.25, -0.2) is 0 Å². The average molecular weight is 392 g/mol. The Labute approximate surface area is 174 Å². The number of hydrogen-bond donors (Lipinski definition) is 2. The number of rotatable bonds is 5. The maximum atomic E-state index is 12.7. The van der Waals surface area contributed by atoms with Crippen molar-refractivity contribution < 1.29 is 9.59 Å². The third-order valence-electron chi connectivity index (χ3n) is 4.70. The molecule has 0 unspecified atom stereocenters. The largest absolute Gasteiger partial charge is 0.322 e. The van der Waals surface area contributed by atoms with Crippen LogP contribution in [0, 0.1) is 0 Å². The summed E-state index contributed by atoms with van der Waals surface area (Å²) in [6.45, 7) is 0. The number of nitrogens with one attached hydrogen (secondary N) is 2. The van der Waals surface area contributed by atoms with Crippen LogP contribution in [-0.2, 0) is 4.79 Å². The van der Waals surface area contributed by atoms with Gasteiger partial charge in [-0.15, -0.1) is 0 Å². The smallest absolute Gasteiger partial charge is 0.257 e. The molecule has 4 aromatic carbocycles. The Bertz CT molecular complexity index is 1220. The van der Waals surface area contributed by atoms with Crippen LogP contribution in [0.15, 0.2) is 103 Å². The quantitative estimate of drug-likeness (QED) is 0.425. The van der Waals surface area contributed by atoms with Crippen molar-refractivity contribution in [3.8, 4) is 0 Å². The first-order valence-corrected chi connectivity index (χ1v) is 9.63. The molecule has 4 heteroatoms. The van der Waals surface area contributed by atoms with Crippen molar-refractivity contribution in [1.29, 1.82) is 0 Å². The zero-order valence-corrected chi connectivity index (χ0v) is 16.2. The minimum absolute atomic E-state index is 0.282. The zero-order valence-electron chi connectivity index (χ0n) is 16.2. The predicted molar refractivity (Wildman–Crippen MR) is 122 cm³/mol. The predicted octanol–water partition coefficient (Wildman–Crippen LogP) is 5.74. The van der Waals surface area contributed by atoms with E-state index in [2.05, 4.69) is 10.6 Å². The molecule has 0 radical (unpaired) electrons. The Morgan fingerprint density at radius 1 is 0.667 bits per heavy atom. The van der Waals surface area contributed by atoms with Crippen molar-refractivity contribution in [2.75, 3.05) is 10.6 Å². The van der Waals surface area contributed by atoms with Gasteiger partial charge in [0.15, 0.2) is 0 Å². The van der Waals surface area contributed by atoms with E-state index in [4.69, 9.17) is 0 Å². The van der Waals surface area contributed by atoms with Crippen molar-refractivity contribution in [2.24, 2.45) is 0 Å². The van der Waals surface area contributed by atoms with Gasteiger partial charge in [0, 0.05) is 11.8 Å². The first-order valence-electron chi connectivity index (χ1n) is 9.63. The summed E-state index contributed by atoms with van der Waals surface area (Å²) in [6.07, 6.45) is 3.26. The fourth-order valence-corrected chi connectivity index (χ4v) is 3.25. The third-order valence-corrected chi connectivity index (χ3v) is 4.70. The lowest BCUT2D eigenvalue weighted by atomic mass is 10.0. The Morgan fingerprint density at radius 2 is 1.37 bits per heavy atom. The van der Waals surface area contributed by atoms with Gasteiger partial charge in [-0.2, -0.15) is 0 Å². The van der Waals surface area contributed by atoms with Gasteiger partial charge in [-0.1, -0.05) is 72.8 Å². The van der Waals surface area contributed by atoms with Gasteiger partial charge < -0.3 is 10.6 Å². The summed E-state index contributed by atoms with van der Waals surface area (Å²) >= 11 is 0. The normalized spacial score (nSPS) is 10.8. The minimum Gasteiger partial charge on any atom is -0.322 e. The van der Waals surface area contributed by atoms with E-state index in [0.29, 0.717) is 16.9 Å². The van der Waals surface area contributed by atoms with Crippen LogP contribution in [0.5, 0.6) is 0 Å². The highest BCUT2D eigenvalue weighted by molar-refractivity contribution is 6.12. The lowest BCUT2D eigenvalue weighted by molar-refractivity contribution is -0.111. The Morgan fingerprint density at radius 3 is 2.23 bits per heavy atom. The summed E-state index contributed by atoms with van der Waals surface area (Å²) in [5.74, 6) is -0.585. The van der Waals surface area contributed by atoms with Gasteiger partial charge in [-0.3, -0.25) is 9.59 Å². The summed E-state index contributed by atoms with van der Waals surface area (Å²) < 4.78 is 0. The van der Waals surface area contributed by atoms with E-state index in [0.717, 1.165) is 16.3 Å². The lowest BCUT2D eigenvalue weighted by Gasteiger charge is -2.10. The maximum Gasteiger partial charge on any atom is 0.257 e. The number of fused-ring (bicyclic) bond motifs is 1. The molecule has 0 aromatic heterocycles. The Balaban J connectivity index is 1.51. The highest BCUT2D eigenvalue weighted by atomic mass is 16.2. The molecular formula is C26H20N2O2. The first-order chi connectivity index (χ1) is 14.7. The Hall–Kier alpha value is -4.18. The van der Waals surface area contributed by atoms with Crippen molar-refractivity contribution >= 4 is 40.0 Å². The number of carbonyl (C=O) groups is 2. The molecule has 0 heterocycles. The van der Waals surface area contributed by atoms with Gasteiger partial charge in [0.1, 0.15) is 0 Å². The molecule has 0 aliphatic rings. The van der Waals surface area contributed by atoms with Gasteiger partial charge in [-0.05, 0) is 46.7 Å². The second kappa shape index (κ2) is 8.88. The van der Waals surface area contributed by atoms with Gasteiger partial charge in [0.2, 0.25) is 5.91 Å². The topological polar surface area (TPSA) is 58.2 Å². The van der Waals surface area contributed by atoms with Crippen LogP contribution >= 0.6 is 0 Å². The van der Waals surface area contributed by atoms with E-state index in [1.165, 1.54) is 6.08 Å². The van der Waals surface area contributed by atoms with E-state index in [-0.39, 0.29) is 11.8 Å². The minimum atomic E-state index is -0.303. The second-order valence-electron chi connectivity index (χ2n) is 6.76. The van der Waals surface area contributed by atoms with Gasteiger partial charge >= 0.3 is 0 Å². The van der Waals surface area contributed by atoms with Gasteiger partial charge in [0.25, 0.3) is 5.91 Å². The maximum absolute atomic E-state index is 12.7. The number of hydrogen-bond acceptors (Lipinski definition) is 2. The van der Waals surface area contributed by atoms with Crippen LogP contribution in [0.25, 0.3) is 16.8 Å². The van der Waals surface area contributed by atoms with E-state index in [9.17, 15) is 9.59 Å². The molecule has 2 amide bonds.